The lowest BCUT2D eigenvalue weighted by Crippen LogP contribution is -2.64. The van der Waals surface area contributed by atoms with Gasteiger partial charge in [0.2, 0.25) is 0 Å². The maximum atomic E-state index is 12.8. The molecule has 1 aliphatic rings. The lowest BCUT2D eigenvalue weighted by Gasteiger charge is -2.41. The summed E-state index contributed by atoms with van der Waals surface area (Å²) in [5, 5.41) is 0. The Kier molecular flexibility index (Phi) is 6.76. The van der Waals surface area contributed by atoms with E-state index < -0.39 is 29.9 Å². The molecule has 1 aromatic rings. The maximum absolute atomic E-state index is 12.8. The molecule has 2 rings (SSSR count). The fourth-order valence-electron chi connectivity index (χ4n) is 2.70. The molecule has 2 atom stereocenters. The van der Waals surface area contributed by atoms with Crippen LogP contribution in [0.2, 0.25) is 0 Å². The van der Waals surface area contributed by atoms with Crippen LogP contribution in [0.25, 0.3) is 0 Å². The number of benzene rings is 1. The fraction of sp³-hybridized carbons (Fsp3) is 0.474. The molecule has 1 aliphatic heterocycles. The van der Waals surface area contributed by atoms with Crippen LogP contribution in [0.1, 0.15) is 20.8 Å². The zero-order valence-electron chi connectivity index (χ0n) is 15.4. The van der Waals surface area contributed by atoms with Crippen molar-refractivity contribution in [3.05, 3.63) is 42.0 Å². The second-order valence-electron chi connectivity index (χ2n) is 5.62. The van der Waals surface area contributed by atoms with E-state index in [1.54, 1.807) is 51.1 Å². The van der Waals surface area contributed by atoms with Gasteiger partial charge in [-0.2, -0.15) is 0 Å². The molecule has 7 heteroatoms. The van der Waals surface area contributed by atoms with E-state index in [0.717, 1.165) is 0 Å². The van der Waals surface area contributed by atoms with Crippen LogP contribution < -0.4 is 4.74 Å². The second-order valence-corrected chi connectivity index (χ2v) is 5.62. The SMILES string of the molecule is CCOC(=O)C1(C(=O)OCC)O[C@H](OC)C=C(C)C1Oc1ccccc1. The molecule has 1 aromatic carbocycles. The van der Waals surface area contributed by atoms with E-state index in [1.807, 2.05) is 6.07 Å². The van der Waals surface area contributed by atoms with Gasteiger partial charge in [-0.15, -0.1) is 0 Å². The van der Waals surface area contributed by atoms with Gasteiger partial charge in [0.15, 0.2) is 12.4 Å². The summed E-state index contributed by atoms with van der Waals surface area (Å²) in [5.41, 5.74) is -1.53. The third-order valence-corrected chi connectivity index (χ3v) is 3.87. The first-order valence-electron chi connectivity index (χ1n) is 8.44. The summed E-state index contributed by atoms with van der Waals surface area (Å²) in [6.07, 6.45) is -0.335. The molecule has 1 heterocycles. The fourth-order valence-corrected chi connectivity index (χ4v) is 2.70. The van der Waals surface area contributed by atoms with Crippen LogP contribution in [0.15, 0.2) is 42.0 Å². The highest BCUT2D eigenvalue weighted by atomic mass is 16.7. The van der Waals surface area contributed by atoms with Crippen molar-refractivity contribution in [3.8, 4) is 5.75 Å². The molecule has 142 valence electrons. The Hall–Kier alpha value is -2.38. The van der Waals surface area contributed by atoms with Gasteiger partial charge in [-0.3, -0.25) is 0 Å². The van der Waals surface area contributed by atoms with Crippen molar-refractivity contribution in [3.63, 3.8) is 0 Å². The third kappa shape index (κ3) is 3.89. The van der Waals surface area contributed by atoms with E-state index in [9.17, 15) is 9.59 Å². The van der Waals surface area contributed by atoms with Crippen molar-refractivity contribution in [1.82, 2.24) is 0 Å². The lowest BCUT2D eigenvalue weighted by molar-refractivity contribution is -0.235. The Morgan fingerprint density at radius 1 is 1.08 bits per heavy atom. The summed E-state index contributed by atoms with van der Waals surface area (Å²) in [4.78, 5) is 25.7. The van der Waals surface area contributed by atoms with Crippen molar-refractivity contribution in [1.29, 1.82) is 0 Å². The van der Waals surface area contributed by atoms with E-state index in [0.29, 0.717) is 11.3 Å². The average molecular weight is 364 g/mol. The molecule has 0 aromatic heterocycles. The predicted molar refractivity (Wildman–Crippen MR) is 92.5 cm³/mol. The highest BCUT2D eigenvalue weighted by Crippen LogP contribution is 2.35. The Balaban J connectivity index is 2.54. The average Bonchev–Trinajstić information content (AvgIpc) is 2.64. The summed E-state index contributed by atoms with van der Waals surface area (Å²) in [7, 11) is 1.41. The van der Waals surface area contributed by atoms with E-state index in [-0.39, 0.29) is 13.2 Å². The molecule has 0 bridgehead atoms. The Bertz CT molecular complexity index is 635. The van der Waals surface area contributed by atoms with Gasteiger partial charge >= 0.3 is 17.5 Å². The molecule has 0 saturated carbocycles. The lowest BCUT2D eigenvalue weighted by atomic mass is 9.88. The summed E-state index contributed by atoms with van der Waals surface area (Å²) in [6, 6.07) is 8.84. The van der Waals surface area contributed by atoms with Crippen LogP contribution in [0.5, 0.6) is 5.75 Å². The number of rotatable bonds is 7. The molecule has 0 radical (unpaired) electrons. The number of ether oxygens (including phenoxy) is 5. The first-order valence-corrected chi connectivity index (χ1v) is 8.44. The molecule has 0 fully saturated rings. The van der Waals surface area contributed by atoms with E-state index >= 15 is 0 Å². The zero-order chi connectivity index (χ0) is 19.2. The summed E-state index contributed by atoms with van der Waals surface area (Å²) in [5.74, 6) is -1.29. The number of carbonyl (C=O) groups is 2. The molecule has 0 N–H and O–H groups in total. The van der Waals surface area contributed by atoms with Crippen molar-refractivity contribution in [2.24, 2.45) is 0 Å². The molecule has 0 aliphatic carbocycles. The van der Waals surface area contributed by atoms with Crippen LogP contribution in [0, 0.1) is 0 Å². The minimum atomic E-state index is -2.12. The number of carbonyl (C=O) groups excluding carboxylic acids is 2. The molecular weight excluding hydrogens is 340 g/mol. The highest BCUT2D eigenvalue weighted by Gasteiger charge is 2.62. The first kappa shape index (κ1) is 19.9. The number of methoxy groups -OCH3 is 1. The van der Waals surface area contributed by atoms with Gasteiger partial charge in [0.25, 0.3) is 0 Å². The summed E-state index contributed by atoms with van der Waals surface area (Å²) >= 11 is 0. The monoisotopic (exact) mass is 364 g/mol. The Morgan fingerprint density at radius 3 is 2.15 bits per heavy atom. The molecular formula is C19H24O7. The van der Waals surface area contributed by atoms with E-state index in [2.05, 4.69) is 0 Å². The molecule has 0 saturated heterocycles. The number of esters is 2. The quantitative estimate of drug-likeness (QED) is 0.417. The van der Waals surface area contributed by atoms with Gasteiger partial charge in [-0.25, -0.2) is 9.59 Å². The van der Waals surface area contributed by atoms with Gasteiger partial charge in [0.1, 0.15) is 5.75 Å². The summed E-state index contributed by atoms with van der Waals surface area (Å²) < 4.78 is 27.2. The van der Waals surface area contributed by atoms with E-state index in [1.165, 1.54) is 7.11 Å². The van der Waals surface area contributed by atoms with Gasteiger partial charge in [-0.1, -0.05) is 18.2 Å². The summed E-state index contributed by atoms with van der Waals surface area (Å²) in [6.45, 7) is 5.16. The Labute approximate surface area is 152 Å². The van der Waals surface area contributed by atoms with Crippen molar-refractivity contribution >= 4 is 11.9 Å². The first-order chi connectivity index (χ1) is 12.5. The van der Waals surface area contributed by atoms with Crippen LogP contribution in [-0.2, 0) is 28.5 Å². The van der Waals surface area contributed by atoms with E-state index in [4.69, 9.17) is 23.7 Å². The zero-order valence-corrected chi connectivity index (χ0v) is 15.4. The molecule has 0 spiro atoms. The number of hydrogen-bond acceptors (Lipinski definition) is 7. The molecule has 26 heavy (non-hydrogen) atoms. The number of para-hydroxylation sites is 1. The van der Waals surface area contributed by atoms with Crippen molar-refractivity contribution in [2.75, 3.05) is 20.3 Å². The smallest absolute Gasteiger partial charge is 0.354 e. The predicted octanol–water partition coefficient (Wildman–Crippen LogP) is 2.25. The maximum Gasteiger partial charge on any atom is 0.354 e. The highest BCUT2D eigenvalue weighted by molar-refractivity contribution is 6.05. The van der Waals surface area contributed by atoms with Crippen LogP contribution in [0.4, 0.5) is 0 Å². The molecule has 1 unspecified atom stereocenters. The standard InChI is InChI=1S/C19H24O7/c1-5-23-17(20)19(18(21)24-6-2)16(13(3)12-15(22-4)26-19)25-14-10-8-7-9-11-14/h7-12,15-16H,5-6H2,1-4H3/t15-,16?/m0/s1. The minimum absolute atomic E-state index is 0.0712. The van der Waals surface area contributed by atoms with Crippen molar-refractivity contribution in [2.45, 2.75) is 38.8 Å². The Morgan fingerprint density at radius 2 is 1.65 bits per heavy atom. The molecule has 0 amide bonds. The van der Waals surface area contributed by atoms with Crippen LogP contribution in [0.3, 0.4) is 0 Å². The van der Waals surface area contributed by atoms with Crippen molar-refractivity contribution < 1.29 is 33.3 Å². The molecule has 7 nitrogen and oxygen atoms in total. The second kappa shape index (κ2) is 8.82. The van der Waals surface area contributed by atoms with Crippen LogP contribution >= 0.6 is 0 Å². The van der Waals surface area contributed by atoms with Gasteiger partial charge < -0.3 is 23.7 Å². The van der Waals surface area contributed by atoms with Crippen LogP contribution in [-0.4, -0.2) is 50.3 Å². The minimum Gasteiger partial charge on any atom is -0.482 e. The largest absolute Gasteiger partial charge is 0.482 e. The van der Waals surface area contributed by atoms with Gasteiger partial charge in [0, 0.05) is 7.11 Å². The number of hydrogen-bond donors (Lipinski definition) is 0. The third-order valence-electron chi connectivity index (χ3n) is 3.87. The van der Waals surface area contributed by atoms with Gasteiger partial charge in [-0.05, 0) is 44.6 Å². The topological polar surface area (TPSA) is 80.3 Å². The van der Waals surface area contributed by atoms with Gasteiger partial charge in [0.05, 0.1) is 13.2 Å². The normalized spacial score (nSPS) is 21.5.